The molecular weight excluding hydrogens is 316 g/mol. The van der Waals surface area contributed by atoms with Crippen molar-refractivity contribution in [2.45, 2.75) is 26.8 Å². The molecule has 0 saturated heterocycles. The fourth-order valence-corrected chi connectivity index (χ4v) is 2.87. The van der Waals surface area contributed by atoms with Crippen LogP contribution in [0.5, 0.6) is 5.75 Å². The second kappa shape index (κ2) is 7.57. The van der Waals surface area contributed by atoms with Crippen LogP contribution in [-0.2, 0) is 4.74 Å². The minimum Gasteiger partial charge on any atom is -0.482 e. The summed E-state index contributed by atoms with van der Waals surface area (Å²) in [4.78, 5) is 12.4. The van der Waals surface area contributed by atoms with Crippen molar-refractivity contribution in [1.82, 2.24) is 4.57 Å². The number of methoxy groups -OCH3 is 1. The molecule has 0 saturated carbocycles. The van der Waals surface area contributed by atoms with Gasteiger partial charge in [0.05, 0.1) is 12.6 Å². The Kier molecular flexibility index (Phi) is 5.72. The molecule has 0 N–H and O–H groups in total. The number of ketones is 1. The molecule has 1 atom stereocenters. The van der Waals surface area contributed by atoms with Crippen LogP contribution in [0, 0.1) is 25.5 Å². The number of Topliss-reactive ketones (excluding diaryl/α,β-unsaturated/α-hetero) is 1. The largest absolute Gasteiger partial charge is 0.482 e. The van der Waals surface area contributed by atoms with Gasteiger partial charge in [-0.15, -0.1) is 0 Å². The summed E-state index contributed by atoms with van der Waals surface area (Å²) in [6.45, 7) is 5.98. The van der Waals surface area contributed by atoms with Gasteiger partial charge in [0.15, 0.2) is 18.2 Å². The summed E-state index contributed by atoms with van der Waals surface area (Å²) < 4.78 is 38.8. The first-order valence-corrected chi connectivity index (χ1v) is 7.63. The molecule has 0 amide bonds. The predicted molar refractivity (Wildman–Crippen MR) is 86.7 cm³/mol. The molecular formula is C18H21F2NO3. The minimum atomic E-state index is -0.831. The SMILES string of the molecule is COCC(C)n1c(C)cc(C(=O)COc2ccc(F)cc2F)c1C. The van der Waals surface area contributed by atoms with Crippen LogP contribution < -0.4 is 4.74 Å². The molecule has 4 nitrogen and oxygen atoms in total. The molecule has 2 rings (SSSR count). The average Bonchev–Trinajstić information content (AvgIpc) is 2.81. The fraction of sp³-hybridized carbons (Fsp3) is 0.389. The number of carbonyl (C=O) groups excluding carboxylic acids is 1. The fourth-order valence-electron chi connectivity index (χ4n) is 2.87. The molecule has 0 radical (unpaired) electrons. The lowest BCUT2D eigenvalue weighted by molar-refractivity contribution is 0.0917. The van der Waals surface area contributed by atoms with E-state index in [0.717, 1.165) is 23.5 Å². The lowest BCUT2D eigenvalue weighted by Gasteiger charge is -2.17. The van der Waals surface area contributed by atoms with Crippen LogP contribution in [0.3, 0.4) is 0 Å². The summed E-state index contributed by atoms with van der Waals surface area (Å²) in [6.07, 6.45) is 0. The van der Waals surface area contributed by atoms with Crippen LogP contribution in [0.15, 0.2) is 24.3 Å². The van der Waals surface area contributed by atoms with Gasteiger partial charge in [-0.1, -0.05) is 0 Å². The number of benzene rings is 1. The van der Waals surface area contributed by atoms with E-state index in [4.69, 9.17) is 9.47 Å². The second-order valence-electron chi connectivity index (χ2n) is 5.75. The molecule has 130 valence electrons. The third kappa shape index (κ3) is 3.82. The van der Waals surface area contributed by atoms with Crippen molar-refractivity contribution in [2.75, 3.05) is 20.3 Å². The van der Waals surface area contributed by atoms with E-state index in [1.807, 2.05) is 25.3 Å². The Labute approximate surface area is 140 Å². The number of halogens is 2. The highest BCUT2D eigenvalue weighted by Crippen LogP contribution is 2.22. The molecule has 1 aromatic heterocycles. The zero-order valence-electron chi connectivity index (χ0n) is 14.2. The Morgan fingerprint density at radius 2 is 1.96 bits per heavy atom. The van der Waals surface area contributed by atoms with Crippen LogP contribution in [-0.4, -0.2) is 30.7 Å². The van der Waals surface area contributed by atoms with Crippen molar-refractivity contribution in [3.05, 3.63) is 52.9 Å². The number of hydrogen-bond donors (Lipinski definition) is 0. The first-order chi connectivity index (χ1) is 11.3. The predicted octanol–water partition coefficient (Wildman–Crippen LogP) is 3.85. The number of aryl methyl sites for hydroxylation is 1. The topological polar surface area (TPSA) is 40.5 Å². The van der Waals surface area contributed by atoms with Crippen LogP contribution in [0.25, 0.3) is 0 Å². The number of nitrogens with zero attached hydrogens (tertiary/aromatic N) is 1. The molecule has 6 heteroatoms. The first kappa shape index (κ1) is 18.1. The highest BCUT2D eigenvalue weighted by Gasteiger charge is 2.19. The van der Waals surface area contributed by atoms with E-state index in [2.05, 4.69) is 0 Å². The standard InChI is InChI=1S/C18H21F2NO3/c1-11-7-15(13(3)21(11)12(2)9-23-4)17(22)10-24-18-6-5-14(19)8-16(18)20/h5-8,12H,9-10H2,1-4H3. The smallest absolute Gasteiger partial charge is 0.202 e. The highest BCUT2D eigenvalue weighted by atomic mass is 19.1. The van der Waals surface area contributed by atoms with E-state index in [0.29, 0.717) is 12.2 Å². The zero-order chi connectivity index (χ0) is 17.9. The first-order valence-electron chi connectivity index (χ1n) is 7.63. The number of hydrogen-bond acceptors (Lipinski definition) is 3. The van der Waals surface area contributed by atoms with Gasteiger partial charge in [-0.2, -0.15) is 0 Å². The van der Waals surface area contributed by atoms with Gasteiger partial charge in [0.1, 0.15) is 5.82 Å². The van der Waals surface area contributed by atoms with Crippen molar-refractivity contribution in [2.24, 2.45) is 0 Å². The van der Waals surface area contributed by atoms with Crippen LogP contribution in [0.2, 0.25) is 0 Å². The molecule has 0 aliphatic heterocycles. The van der Waals surface area contributed by atoms with Gasteiger partial charge in [0, 0.05) is 30.1 Å². The normalized spacial score (nSPS) is 12.2. The zero-order valence-corrected chi connectivity index (χ0v) is 14.2. The summed E-state index contributed by atoms with van der Waals surface area (Å²) in [5.74, 6) is -1.93. The van der Waals surface area contributed by atoms with Crippen molar-refractivity contribution in [3.63, 3.8) is 0 Å². The molecule has 0 bridgehead atoms. The lowest BCUT2D eigenvalue weighted by atomic mass is 10.1. The van der Waals surface area contributed by atoms with E-state index in [1.165, 1.54) is 6.07 Å². The molecule has 0 aliphatic rings. The van der Waals surface area contributed by atoms with Crippen LogP contribution in [0.1, 0.15) is 34.7 Å². The number of carbonyl (C=O) groups is 1. The maximum atomic E-state index is 13.5. The van der Waals surface area contributed by atoms with E-state index >= 15 is 0 Å². The summed E-state index contributed by atoms with van der Waals surface area (Å²) in [7, 11) is 1.63. The Morgan fingerprint density at radius 3 is 2.58 bits per heavy atom. The van der Waals surface area contributed by atoms with E-state index < -0.39 is 11.6 Å². The third-order valence-corrected chi connectivity index (χ3v) is 3.89. The van der Waals surface area contributed by atoms with Gasteiger partial charge in [0.25, 0.3) is 0 Å². The Balaban J connectivity index is 2.14. The van der Waals surface area contributed by atoms with Crippen LogP contribution in [0.4, 0.5) is 8.78 Å². The van der Waals surface area contributed by atoms with E-state index in [9.17, 15) is 13.6 Å². The molecule has 1 aromatic carbocycles. The van der Waals surface area contributed by atoms with Crippen LogP contribution >= 0.6 is 0 Å². The lowest BCUT2D eigenvalue weighted by Crippen LogP contribution is -2.16. The Hall–Kier alpha value is -2.21. The van der Waals surface area contributed by atoms with Crippen molar-refractivity contribution < 1.29 is 23.0 Å². The molecule has 24 heavy (non-hydrogen) atoms. The van der Waals surface area contributed by atoms with Gasteiger partial charge < -0.3 is 14.0 Å². The maximum Gasteiger partial charge on any atom is 0.202 e. The minimum absolute atomic E-state index is 0.0898. The van der Waals surface area contributed by atoms with Gasteiger partial charge in [0.2, 0.25) is 5.78 Å². The summed E-state index contributed by atoms with van der Waals surface area (Å²) >= 11 is 0. The van der Waals surface area contributed by atoms with E-state index in [-0.39, 0.29) is 24.2 Å². The average molecular weight is 337 g/mol. The van der Waals surface area contributed by atoms with Crippen molar-refractivity contribution in [1.29, 1.82) is 0 Å². The molecule has 0 spiro atoms. The molecule has 2 aromatic rings. The summed E-state index contributed by atoms with van der Waals surface area (Å²) in [5, 5.41) is 0. The number of rotatable bonds is 7. The molecule has 0 fully saturated rings. The van der Waals surface area contributed by atoms with Gasteiger partial charge in [-0.25, -0.2) is 8.78 Å². The Morgan fingerprint density at radius 1 is 1.25 bits per heavy atom. The van der Waals surface area contributed by atoms with Crippen molar-refractivity contribution in [3.8, 4) is 5.75 Å². The number of aromatic nitrogens is 1. The van der Waals surface area contributed by atoms with E-state index in [1.54, 1.807) is 13.2 Å². The molecule has 0 aliphatic carbocycles. The summed E-state index contributed by atoms with van der Waals surface area (Å²) in [5.41, 5.74) is 2.27. The quantitative estimate of drug-likeness (QED) is 0.721. The highest BCUT2D eigenvalue weighted by molar-refractivity contribution is 5.98. The number of ether oxygens (including phenoxy) is 2. The molecule has 1 unspecified atom stereocenters. The Bertz CT molecular complexity index is 740. The van der Waals surface area contributed by atoms with Gasteiger partial charge in [-0.05, 0) is 39.0 Å². The summed E-state index contributed by atoms with van der Waals surface area (Å²) in [6, 6.07) is 4.85. The van der Waals surface area contributed by atoms with Gasteiger partial charge in [-0.3, -0.25) is 4.79 Å². The van der Waals surface area contributed by atoms with Gasteiger partial charge >= 0.3 is 0 Å². The van der Waals surface area contributed by atoms with Crippen molar-refractivity contribution >= 4 is 5.78 Å². The second-order valence-corrected chi connectivity index (χ2v) is 5.75. The third-order valence-electron chi connectivity index (χ3n) is 3.89. The maximum absolute atomic E-state index is 13.5. The monoisotopic (exact) mass is 337 g/mol. The molecule has 1 heterocycles.